The van der Waals surface area contributed by atoms with Crippen molar-refractivity contribution in [2.24, 2.45) is 0 Å². The molecule has 3 rings (SSSR count). The van der Waals surface area contributed by atoms with Crippen LogP contribution in [0.5, 0.6) is 0 Å². The van der Waals surface area contributed by atoms with Gasteiger partial charge in [-0.05, 0) is 29.2 Å². The van der Waals surface area contributed by atoms with E-state index >= 15 is 0 Å². The minimum Gasteiger partial charge on any atom is -0.282 e. The molecule has 0 N–H and O–H groups in total. The summed E-state index contributed by atoms with van der Waals surface area (Å²) in [7, 11) is 0. The van der Waals surface area contributed by atoms with Gasteiger partial charge in [0.1, 0.15) is 0 Å². The van der Waals surface area contributed by atoms with Crippen molar-refractivity contribution < 1.29 is 4.79 Å². The molecule has 0 amide bonds. The predicted octanol–water partition coefficient (Wildman–Crippen LogP) is 4.51. The first-order chi connectivity index (χ1) is 9.58. The molecule has 102 valence electrons. The van der Waals surface area contributed by atoms with E-state index in [0.29, 0.717) is 0 Å². The average Bonchev–Trinajstić information content (AvgIpc) is 2.80. The molecule has 0 aliphatic heterocycles. The third kappa shape index (κ3) is 1.88. The minimum absolute atomic E-state index is 0.0680. The number of hydrogen-bond donors (Lipinski definition) is 0. The van der Waals surface area contributed by atoms with Gasteiger partial charge in [0.05, 0.1) is 11.0 Å². The van der Waals surface area contributed by atoms with E-state index in [4.69, 9.17) is 0 Å². The molecule has 1 heterocycles. The van der Waals surface area contributed by atoms with Gasteiger partial charge < -0.3 is 0 Å². The molecular weight excluding hydrogens is 314 g/mol. The van der Waals surface area contributed by atoms with Crippen LogP contribution in [0.25, 0.3) is 21.8 Å². The number of hydrogen-bond acceptors (Lipinski definition) is 1. The summed E-state index contributed by atoms with van der Waals surface area (Å²) in [6.07, 6.45) is 0.889. The van der Waals surface area contributed by atoms with Crippen LogP contribution < -0.4 is 0 Å². The largest absolute Gasteiger partial charge is 0.282 e. The molecule has 20 heavy (non-hydrogen) atoms. The van der Waals surface area contributed by atoms with E-state index in [0.717, 1.165) is 33.5 Å². The zero-order chi connectivity index (χ0) is 14.3. The molecule has 0 saturated carbocycles. The maximum atomic E-state index is 11.4. The zero-order valence-electron chi connectivity index (χ0n) is 11.6. The number of carbonyl (C=O) groups excluding carboxylic acids is 1. The van der Waals surface area contributed by atoms with Crippen LogP contribution in [0.15, 0.2) is 42.5 Å². The van der Waals surface area contributed by atoms with Crippen molar-refractivity contribution >= 4 is 44.1 Å². The molecular formula is C17H16BrNO. The highest BCUT2D eigenvalue weighted by atomic mass is 79.9. The number of alkyl halides is 1. The molecule has 0 aliphatic rings. The molecule has 0 aliphatic carbocycles. The van der Waals surface area contributed by atoms with Gasteiger partial charge in [0.15, 0.2) is 0 Å². The second kappa shape index (κ2) is 4.74. The summed E-state index contributed by atoms with van der Waals surface area (Å²) in [5.41, 5.74) is 3.27. The van der Waals surface area contributed by atoms with Gasteiger partial charge in [0.2, 0.25) is 6.41 Å². The maximum absolute atomic E-state index is 11.4. The van der Waals surface area contributed by atoms with Crippen LogP contribution in [0, 0.1) is 0 Å². The lowest BCUT2D eigenvalue weighted by Gasteiger charge is -2.22. The quantitative estimate of drug-likeness (QED) is 0.512. The fraction of sp³-hybridized carbons (Fsp3) is 0.235. The van der Waals surface area contributed by atoms with Crippen LogP contribution in [0.2, 0.25) is 0 Å². The van der Waals surface area contributed by atoms with Crippen LogP contribution in [0.4, 0.5) is 0 Å². The number of nitrogens with zero attached hydrogens (tertiary/aromatic N) is 1. The average molecular weight is 330 g/mol. The van der Waals surface area contributed by atoms with Gasteiger partial charge in [-0.3, -0.25) is 9.36 Å². The van der Waals surface area contributed by atoms with Gasteiger partial charge in [-0.1, -0.05) is 54.0 Å². The van der Waals surface area contributed by atoms with Gasteiger partial charge in [-0.15, -0.1) is 0 Å². The molecule has 3 heteroatoms. The van der Waals surface area contributed by atoms with Gasteiger partial charge in [-0.25, -0.2) is 0 Å². The second-order valence-electron chi connectivity index (χ2n) is 5.74. The van der Waals surface area contributed by atoms with E-state index < -0.39 is 0 Å². The summed E-state index contributed by atoms with van der Waals surface area (Å²) in [5.74, 6) is 0. The van der Waals surface area contributed by atoms with Crippen molar-refractivity contribution in [1.29, 1.82) is 0 Å². The first-order valence-electron chi connectivity index (χ1n) is 6.63. The van der Waals surface area contributed by atoms with E-state index in [1.807, 2.05) is 24.3 Å². The van der Waals surface area contributed by atoms with Crippen LogP contribution in [-0.2, 0) is 10.2 Å². The number of aromatic nitrogens is 1. The summed E-state index contributed by atoms with van der Waals surface area (Å²) in [5, 5.41) is 3.17. The molecule has 0 radical (unpaired) electrons. The maximum Gasteiger partial charge on any atom is 0.218 e. The Morgan fingerprint density at radius 3 is 2.50 bits per heavy atom. The van der Waals surface area contributed by atoms with Crippen molar-refractivity contribution in [3.63, 3.8) is 0 Å². The number of fused-ring (bicyclic) bond motifs is 3. The highest BCUT2D eigenvalue weighted by Crippen LogP contribution is 2.33. The van der Waals surface area contributed by atoms with Crippen LogP contribution in [-0.4, -0.2) is 16.3 Å². The molecule has 0 bridgehead atoms. The van der Waals surface area contributed by atoms with Crippen molar-refractivity contribution in [2.75, 3.05) is 5.33 Å². The lowest BCUT2D eigenvalue weighted by Crippen LogP contribution is -2.18. The first kappa shape index (κ1) is 13.4. The third-order valence-electron chi connectivity index (χ3n) is 3.93. The Hall–Kier alpha value is -1.61. The van der Waals surface area contributed by atoms with Crippen molar-refractivity contribution in [2.45, 2.75) is 19.3 Å². The Labute approximate surface area is 126 Å². The lowest BCUT2D eigenvalue weighted by molar-refractivity contribution is 0.550. The molecule has 3 aromatic rings. The Bertz CT molecular complexity index is 801. The van der Waals surface area contributed by atoms with E-state index in [1.165, 1.54) is 5.56 Å². The van der Waals surface area contributed by atoms with Crippen LogP contribution >= 0.6 is 15.9 Å². The number of carbonyl (C=O) groups is 1. The first-order valence-corrected chi connectivity index (χ1v) is 7.75. The molecule has 0 unspecified atom stereocenters. The van der Waals surface area contributed by atoms with Crippen molar-refractivity contribution in [3.05, 3.63) is 48.0 Å². The highest BCUT2D eigenvalue weighted by Gasteiger charge is 2.20. The molecule has 1 aromatic heterocycles. The lowest BCUT2D eigenvalue weighted by atomic mass is 9.86. The molecule has 0 atom stereocenters. The summed E-state index contributed by atoms with van der Waals surface area (Å²) in [6.45, 7) is 4.42. The normalized spacial score (nSPS) is 12.2. The Morgan fingerprint density at radius 1 is 1.10 bits per heavy atom. The van der Waals surface area contributed by atoms with Gasteiger partial charge in [0.25, 0.3) is 0 Å². The smallest absolute Gasteiger partial charge is 0.218 e. The van der Waals surface area contributed by atoms with Crippen molar-refractivity contribution in [3.8, 4) is 0 Å². The number of para-hydroxylation sites is 1. The summed E-state index contributed by atoms with van der Waals surface area (Å²) >= 11 is 3.58. The third-order valence-corrected chi connectivity index (χ3v) is 5.33. The minimum atomic E-state index is 0.0680. The Morgan fingerprint density at radius 2 is 1.80 bits per heavy atom. The van der Waals surface area contributed by atoms with Crippen molar-refractivity contribution in [1.82, 2.24) is 4.57 Å². The zero-order valence-corrected chi connectivity index (χ0v) is 13.1. The van der Waals surface area contributed by atoms with E-state index in [-0.39, 0.29) is 5.41 Å². The highest BCUT2D eigenvalue weighted by molar-refractivity contribution is 9.09. The predicted molar refractivity (Wildman–Crippen MR) is 88.4 cm³/mol. The van der Waals surface area contributed by atoms with Gasteiger partial charge >= 0.3 is 0 Å². The number of benzene rings is 2. The number of rotatable bonds is 3. The summed E-state index contributed by atoms with van der Waals surface area (Å²) in [4.78, 5) is 11.4. The van der Waals surface area contributed by atoms with Gasteiger partial charge in [0, 0.05) is 16.1 Å². The monoisotopic (exact) mass is 329 g/mol. The standard InChI is InChI=1S/C17H16BrNO/c1-17(2,10-18)12-7-8-16-14(9-12)13-5-3-4-6-15(13)19(16)11-20/h3-9,11H,10H2,1-2H3. The molecule has 2 nitrogen and oxygen atoms in total. The second-order valence-corrected chi connectivity index (χ2v) is 6.30. The molecule has 2 aromatic carbocycles. The molecule has 0 spiro atoms. The van der Waals surface area contributed by atoms with Gasteiger partial charge in [-0.2, -0.15) is 0 Å². The fourth-order valence-corrected chi connectivity index (χ4v) is 2.94. The van der Waals surface area contributed by atoms with E-state index in [1.54, 1.807) is 4.57 Å². The van der Waals surface area contributed by atoms with E-state index in [9.17, 15) is 4.79 Å². The Balaban J connectivity index is 2.40. The van der Waals surface area contributed by atoms with E-state index in [2.05, 4.69) is 48.0 Å². The molecule has 0 saturated heterocycles. The summed E-state index contributed by atoms with van der Waals surface area (Å²) < 4.78 is 1.72. The van der Waals surface area contributed by atoms with Crippen LogP contribution in [0.1, 0.15) is 19.4 Å². The SMILES string of the molecule is CC(C)(CBr)c1ccc2c(c1)c1ccccc1n2C=O. The topological polar surface area (TPSA) is 22.0 Å². The number of halogens is 1. The summed E-state index contributed by atoms with van der Waals surface area (Å²) in [6, 6.07) is 14.4. The fourth-order valence-electron chi connectivity index (χ4n) is 2.61. The van der Waals surface area contributed by atoms with Crippen LogP contribution in [0.3, 0.4) is 0 Å². The Kier molecular flexibility index (Phi) is 3.17. The molecule has 0 fully saturated rings.